The van der Waals surface area contributed by atoms with Gasteiger partial charge in [0.15, 0.2) is 0 Å². The summed E-state index contributed by atoms with van der Waals surface area (Å²) in [5.74, 6) is 0.982. The van der Waals surface area contributed by atoms with Crippen molar-refractivity contribution < 1.29 is 4.74 Å². The van der Waals surface area contributed by atoms with E-state index in [9.17, 15) is 0 Å². The Bertz CT molecular complexity index is 429. The van der Waals surface area contributed by atoms with Gasteiger partial charge in [-0.3, -0.25) is 0 Å². The third kappa shape index (κ3) is 15.0. The largest absolute Gasteiger partial charge is 0.492 e. The number of ether oxygens (including phenoxy) is 1. The van der Waals surface area contributed by atoms with Gasteiger partial charge in [-0.25, -0.2) is 0 Å². The van der Waals surface area contributed by atoms with Crippen LogP contribution in [0.5, 0.6) is 5.75 Å². The third-order valence-corrected chi connectivity index (χ3v) is 5.59. The topological polar surface area (TPSA) is 21.3 Å². The van der Waals surface area contributed by atoms with E-state index < -0.39 is 0 Å². The lowest BCUT2D eigenvalue weighted by Crippen LogP contribution is -2.22. The molecule has 0 spiro atoms. The van der Waals surface area contributed by atoms with Crippen molar-refractivity contribution in [1.29, 1.82) is 0 Å². The number of hydrogen-bond donors (Lipinski definition) is 1. The summed E-state index contributed by atoms with van der Waals surface area (Å²) in [7, 11) is 0. The van der Waals surface area contributed by atoms with Gasteiger partial charge in [0.2, 0.25) is 0 Å². The smallest absolute Gasteiger partial charge is 0.119 e. The third-order valence-electron chi connectivity index (χ3n) is 5.59. The maximum absolute atomic E-state index is 5.77. The van der Waals surface area contributed by atoms with E-state index in [0.717, 1.165) is 31.9 Å². The number of unbranched alkanes of at least 4 members (excludes halogenated alkanes) is 13. The molecular weight excluding hydrogens is 342 g/mol. The van der Waals surface area contributed by atoms with Crippen LogP contribution < -0.4 is 10.1 Å². The van der Waals surface area contributed by atoms with Crippen LogP contribution in [0.3, 0.4) is 0 Å². The lowest BCUT2D eigenvalue weighted by Gasteiger charge is -2.08. The zero-order chi connectivity index (χ0) is 20.1. The van der Waals surface area contributed by atoms with Crippen molar-refractivity contribution in [2.75, 3.05) is 19.7 Å². The second kappa shape index (κ2) is 19.3. The number of benzene rings is 1. The molecule has 2 heteroatoms. The molecule has 0 aromatic heterocycles. The fraction of sp³-hybridized carbons (Fsp3) is 0.769. The molecule has 0 fully saturated rings. The summed E-state index contributed by atoms with van der Waals surface area (Å²) in [5, 5.41) is 3.50. The summed E-state index contributed by atoms with van der Waals surface area (Å²) >= 11 is 0. The molecule has 1 N–H and O–H groups in total. The van der Waals surface area contributed by atoms with Gasteiger partial charge < -0.3 is 10.1 Å². The average Bonchev–Trinajstić information content (AvgIpc) is 2.73. The SMILES string of the molecule is CCCCCCCCCCCCCCCCNCCOc1ccc(CC)cc1. The van der Waals surface area contributed by atoms with Gasteiger partial charge in [-0.2, -0.15) is 0 Å². The van der Waals surface area contributed by atoms with Crippen molar-refractivity contribution in [3.63, 3.8) is 0 Å². The molecule has 0 bridgehead atoms. The lowest BCUT2D eigenvalue weighted by atomic mass is 10.0. The van der Waals surface area contributed by atoms with Gasteiger partial charge in [0.1, 0.15) is 12.4 Å². The van der Waals surface area contributed by atoms with Gasteiger partial charge in [-0.05, 0) is 37.1 Å². The second-order valence-corrected chi connectivity index (χ2v) is 8.19. The Morgan fingerprint density at radius 3 is 1.61 bits per heavy atom. The molecule has 0 radical (unpaired) electrons. The zero-order valence-corrected chi connectivity index (χ0v) is 18.9. The van der Waals surface area contributed by atoms with Crippen LogP contribution in [0, 0.1) is 0 Å². The second-order valence-electron chi connectivity index (χ2n) is 8.19. The van der Waals surface area contributed by atoms with Gasteiger partial charge in [0.25, 0.3) is 0 Å². The van der Waals surface area contributed by atoms with Crippen LogP contribution >= 0.6 is 0 Å². The predicted octanol–water partition coefficient (Wildman–Crippen LogP) is 7.70. The van der Waals surface area contributed by atoms with E-state index in [1.165, 1.54) is 95.5 Å². The number of nitrogens with one attached hydrogen (secondary N) is 1. The predicted molar refractivity (Wildman–Crippen MR) is 124 cm³/mol. The molecule has 1 aromatic carbocycles. The summed E-state index contributed by atoms with van der Waals surface area (Å²) in [5.41, 5.74) is 1.36. The van der Waals surface area contributed by atoms with Crippen LogP contribution in [0.15, 0.2) is 24.3 Å². The van der Waals surface area contributed by atoms with Gasteiger partial charge in [-0.1, -0.05) is 109 Å². The standard InChI is InChI=1S/C26H47NO/c1-3-5-6-7-8-9-10-11-12-13-14-15-16-17-22-27-23-24-28-26-20-18-25(4-2)19-21-26/h18-21,27H,3-17,22-24H2,1-2H3. The molecule has 0 aliphatic carbocycles. The van der Waals surface area contributed by atoms with Crippen LogP contribution in [-0.4, -0.2) is 19.7 Å². The van der Waals surface area contributed by atoms with E-state index in [-0.39, 0.29) is 0 Å². The highest BCUT2D eigenvalue weighted by atomic mass is 16.5. The van der Waals surface area contributed by atoms with E-state index in [1.54, 1.807) is 0 Å². The molecule has 0 atom stereocenters. The Hall–Kier alpha value is -1.02. The van der Waals surface area contributed by atoms with Gasteiger partial charge in [-0.15, -0.1) is 0 Å². The summed E-state index contributed by atoms with van der Waals surface area (Å²) in [6, 6.07) is 8.45. The molecule has 0 amide bonds. The van der Waals surface area contributed by atoms with Crippen molar-refractivity contribution in [3.8, 4) is 5.75 Å². The summed E-state index contributed by atoms with van der Waals surface area (Å²) in [6.07, 6.45) is 21.0. The Labute approximate surface area is 175 Å². The van der Waals surface area contributed by atoms with Crippen molar-refractivity contribution in [2.24, 2.45) is 0 Å². The van der Waals surface area contributed by atoms with Gasteiger partial charge in [0, 0.05) is 6.54 Å². The minimum atomic E-state index is 0.754. The summed E-state index contributed by atoms with van der Waals surface area (Å²) < 4.78 is 5.77. The number of aryl methyl sites for hydroxylation is 1. The van der Waals surface area contributed by atoms with Crippen LogP contribution in [-0.2, 0) is 6.42 Å². The molecule has 162 valence electrons. The number of hydrogen-bond acceptors (Lipinski definition) is 2. The minimum Gasteiger partial charge on any atom is -0.492 e. The molecule has 0 saturated carbocycles. The molecular formula is C26H47NO. The van der Waals surface area contributed by atoms with E-state index >= 15 is 0 Å². The first-order valence-corrected chi connectivity index (χ1v) is 12.3. The van der Waals surface area contributed by atoms with E-state index in [0.29, 0.717) is 0 Å². The molecule has 1 rings (SSSR count). The van der Waals surface area contributed by atoms with E-state index in [4.69, 9.17) is 4.74 Å². The highest BCUT2D eigenvalue weighted by molar-refractivity contribution is 5.27. The van der Waals surface area contributed by atoms with Gasteiger partial charge in [0.05, 0.1) is 0 Å². The van der Waals surface area contributed by atoms with Crippen molar-refractivity contribution >= 4 is 0 Å². The van der Waals surface area contributed by atoms with Crippen LogP contribution in [0.4, 0.5) is 0 Å². The zero-order valence-electron chi connectivity index (χ0n) is 18.9. The van der Waals surface area contributed by atoms with E-state index in [1.807, 2.05) is 0 Å². The fourth-order valence-corrected chi connectivity index (χ4v) is 3.63. The highest BCUT2D eigenvalue weighted by Gasteiger charge is 1.96. The minimum absolute atomic E-state index is 0.754. The quantitative estimate of drug-likeness (QED) is 0.231. The maximum atomic E-state index is 5.77. The van der Waals surface area contributed by atoms with Crippen molar-refractivity contribution in [2.45, 2.75) is 110 Å². The summed E-state index contributed by atoms with van der Waals surface area (Å²) in [6.45, 7) is 7.28. The number of rotatable bonds is 20. The average molecular weight is 390 g/mol. The molecule has 1 aromatic rings. The molecule has 0 unspecified atom stereocenters. The maximum Gasteiger partial charge on any atom is 0.119 e. The highest BCUT2D eigenvalue weighted by Crippen LogP contribution is 2.13. The van der Waals surface area contributed by atoms with Crippen molar-refractivity contribution in [1.82, 2.24) is 5.32 Å². The molecule has 0 heterocycles. The van der Waals surface area contributed by atoms with Crippen LogP contribution in [0.2, 0.25) is 0 Å². The molecule has 0 aliphatic rings. The van der Waals surface area contributed by atoms with Crippen LogP contribution in [0.1, 0.15) is 109 Å². The molecule has 0 aliphatic heterocycles. The molecule has 28 heavy (non-hydrogen) atoms. The first-order valence-electron chi connectivity index (χ1n) is 12.3. The Morgan fingerprint density at radius 1 is 0.607 bits per heavy atom. The van der Waals surface area contributed by atoms with E-state index in [2.05, 4.69) is 43.4 Å². The van der Waals surface area contributed by atoms with Crippen LogP contribution in [0.25, 0.3) is 0 Å². The monoisotopic (exact) mass is 389 g/mol. The Kier molecular flexibility index (Phi) is 17.2. The summed E-state index contributed by atoms with van der Waals surface area (Å²) in [4.78, 5) is 0. The Balaban J connectivity index is 1.74. The first-order chi connectivity index (χ1) is 13.9. The lowest BCUT2D eigenvalue weighted by molar-refractivity contribution is 0.313. The molecule has 2 nitrogen and oxygen atoms in total. The Morgan fingerprint density at radius 2 is 1.11 bits per heavy atom. The van der Waals surface area contributed by atoms with Crippen molar-refractivity contribution in [3.05, 3.63) is 29.8 Å². The van der Waals surface area contributed by atoms with Gasteiger partial charge >= 0.3 is 0 Å². The molecule has 0 saturated heterocycles. The fourth-order valence-electron chi connectivity index (χ4n) is 3.63. The normalized spacial score (nSPS) is 11.1. The first kappa shape index (κ1) is 25.0.